The first-order chi connectivity index (χ1) is 52.2. The Bertz CT molecular complexity index is 6210. The van der Waals surface area contributed by atoms with Crippen LogP contribution in [0.15, 0.2) is 364 Å². The summed E-state index contributed by atoms with van der Waals surface area (Å²) < 4.78 is 11.7. The molecule has 0 spiro atoms. The number of rotatable bonds is 6. The molecule has 0 saturated heterocycles. The summed E-state index contributed by atoms with van der Waals surface area (Å²) in [6, 6.07) is 124. The molecule has 0 bridgehead atoms. The second kappa shape index (κ2) is 28.9. The van der Waals surface area contributed by atoms with Gasteiger partial charge in [0.15, 0.2) is 0 Å². The SMILES string of the molecule is Cc1cc(-c2ccccc2)cc(-c2cccc3c2sc2ccccc23)n1.Cc1ccc(-n2c3ccccc3c3ccccc32)cc1.Cc1ccc(-n2c3ccccc3c3ccccc32)cn1.Cc1ccc(-n2c3ccccc3c3ccccc32)nc1.Cn1c2ccccc2c2cc(-c3ccccc3)ccc21. The van der Waals surface area contributed by atoms with Gasteiger partial charge in [0.25, 0.3) is 0 Å². The third-order valence-electron chi connectivity index (χ3n) is 20.1. The molecule has 0 aliphatic rings. The van der Waals surface area contributed by atoms with Gasteiger partial charge in [-0.3, -0.25) is 14.5 Å². The summed E-state index contributed by atoms with van der Waals surface area (Å²) in [6.07, 6.45) is 3.85. The van der Waals surface area contributed by atoms with Crippen LogP contribution in [0.5, 0.6) is 0 Å². The smallest absolute Gasteiger partial charge is 0.137 e. The highest BCUT2D eigenvalue weighted by Gasteiger charge is 2.17. The molecule has 8 heterocycles. The molecule has 106 heavy (non-hydrogen) atoms. The van der Waals surface area contributed by atoms with Crippen molar-refractivity contribution in [3.05, 3.63) is 387 Å². The Labute approximate surface area is 620 Å². The molecule has 0 N–H and O–H groups in total. The molecule has 0 amide bonds. The number of para-hydroxylation sites is 7. The predicted molar refractivity (Wildman–Crippen MR) is 451 cm³/mol. The first-order valence-corrected chi connectivity index (χ1v) is 36.8. The Morgan fingerprint density at radius 2 is 0.698 bits per heavy atom. The summed E-state index contributed by atoms with van der Waals surface area (Å²) in [4.78, 5) is 13.9. The van der Waals surface area contributed by atoms with Gasteiger partial charge in [-0.1, -0.05) is 254 Å². The van der Waals surface area contributed by atoms with Crippen molar-refractivity contribution in [3.8, 4) is 50.7 Å². The Hall–Kier alpha value is -13.3. The first kappa shape index (κ1) is 66.0. The number of thiophene rings is 1. The van der Waals surface area contributed by atoms with Crippen LogP contribution < -0.4 is 0 Å². The zero-order valence-corrected chi connectivity index (χ0v) is 60.5. The maximum atomic E-state index is 4.86. The van der Waals surface area contributed by atoms with Gasteiger partial charge in [-0.15, -0.1) is 11.3 Å². The van der Waals surface area contributed by atoms with Gasteiger partial charge in [0.2, 0.25) is 0 Å². The van der Waals surface area contributed by atoms with E-state index in [0.29, 0.717) is 0 Å². The quantitative estimate of drug-likeness (QED) is 0.167. The van der Waals surface area contributed by atoms with Crippen LogP contribution in [0.4, 0.5) is 0 Å². The van der Waals surface area contributed by atoms with Crippen molar-refractivity contribution in [2.24, 2.45) is 7.05 Å². The van der Waals surface area contributed by atoms with E-state index < -0.39 is 0 Å². The summed E-state index contributed by atoms with van der Waals surface area (Å²) >= 11 is 1.85. The van der Waals surface area contributed by atoms with E-state index in [1.165, 1.54) is 152 Å². The minimum Gasteiger partial charge on any atom is -0.344 e. The number of hydrogen-bond donors (Lipinski definition) is 0. The number of aryl methyl sites for hydroxylation is 5. The van der Waals surface area contributed by atoms with E-state index in [1.54, 1.807) is 0 Å². The van der Waals surface area contributed by atoms with Crippen LogP contribution in [0.3, 0.4) is 0 Å². The molecule has 21 aromatic rings. The normalized spacial score (nSPS) is 11.3. The number of pyridine rings is 3. The summed E-state index contributed by atoms with van der Waals surface area (Å²) in [6.45, 7) is 8.26. The third kappa shape index (κ3) is 12.7. The maximum Gasteiger partial charge on any atom is 0.137 e. The molecule has 0 atom stereocenters. The first-order valence-electron chi connectivity index (χ1n) is 36.0. The highest BCUT2D eigenvalue weighted by atomic mass is 32.1. The number of hydrogen-bond acceptors (Lipinski definition) is 4. The minimum absolute atomic E-state index is 0.966. The van der Waals surface area contributed by atoms with Crippen molar-refractivity contribution >= 4 is 119 Å². The van der Waals surface area contributed by atoms with Crippen LogP contribution in [0.25, 0.3) is 158 Å². The molecule has 0 aliphatic heterocycles. The Balaban J connectivity index is 0.0000000979. The minimum atomic E-state index is 0.966. The summed E-state index contributed by atoms with van der Waals surface area (Å²) in [5.41, 5.74) is 24.0. The van der Waals surface area contributed by atoms with Gasteiger partial charge >= 0.3 is 0 Å². The molecule has 0 unspecified atom stereocenters. The van der Waals surface area contributed by atoms with Gasteiger partial charge in [-0.25, -0.2) is 4.98 Å². The molecule has 21 rings (SSSR count). The number of fused-ring (bicyclic) bond motifs is 15. The summed E-state index contributed by atoms with van der Waals surface area (Å²) in [5, 5.41) is 13.0. The second-order valence-electron chi connectivity index (χ2n) is 27.0. The molecular weight excluding hydrogens is 1310 g/mol. The van der Waals surface area contributed by atoms with Crippen molar-refractivity contribution in [1.82, 2.24) is 33.2 Å². The lowest BCUT2D eigenvalue weighted by Crippen LogP contribution is -1.96. The van der Waals surface area contributed by atoms with Gasteiger partial charge in [-0.05, 0) is 159 Å². The standard InChI is InChI=1S/C24H17NS.2C19H15N.2C18H14N2/c1-16-14-18(17-8-3-2-4-9-17)15-22(25-16)21-12-7-11-20-19-10-5-6-13-23(19)26-24(20)21;1-14-10-12-15(13-11-14)20-18-8-4-2-6-16(18)17-7-3-5-9-19(17)20;1-20-18-10-6-5-9-16(18)17-13-15(11-12-19(17)20)14-7-3-2-4-8-14;1-13-10-11-14(12-19-13)20-17-8-4-2-6-15(17)16-7-3-5-9-18(16)20;1-13-10-11-18(19-12-13)20-16-8-4-2-6-14(16)15-7-3-5-9-17(15)20/h2-15H,1H3;2*2-13H,1H3;2*2-12H,1H3. The molecule has 0 radical (unpaired) electrons. The average Bonchev–Trinajstić information content (AvgIpc) is 1.62. The van der Waals surface area contributed by atoms with Crippen molar-refractivity contribution in [2.75, 3.05) is 0 Å². The van der Waals surface area contributed by atoms with Crippen LogP contribution in [-0.4, -0.2) is 33.2 Å². The van der Waals surface area contributed by atoms with Crippen LogP contribution in [0.2, 0.25) is 0 Å². The van der Waals surface area contributed by atoms with Crippen molar-refractivity contribution in [1.29, 1.82) is 0 Å². The van der Waals surface area contributed by atoms with Crippen molar-refractivity contribution in [3.63, 3.8) is 0 Å². The monoisotopic (exact) mass is 1380 g/mol. The van der Waals surface area contributed by atoms with Gasteiger partial charge in [0.1, 0.15) is 5.82 Å². The van der Waals surface area contributed by atoms with E-state index in [-0.39, 0.29) is 0 Å². The third-order valence-corrected chi connectivity index (χ3v) is 21.3. The van der Waals surface area contributed by atoms with E-state index in [0.717, 1.165) is 28.6 Å². The Kier molecular flexibility index (Phi) is 18.0. The lowest BCUT2D eigenvalue weighted by atomic mass is 10.0. The highest BCUT2D eigenvalue weighted by Crippen LogP contribution is 2.41. The molecule has 7 nitrogen and oxygen atoms in total. The lowest BCUT2D eigenvalue weighted by Gasteiger charge is -2.08. The molecule has 0 aliphatic carbocycles. The Morgan fingerprint density at radius 1 is 0.264 bits per heavy atom. The molecule has 13 aromatic carbocycles. The molecule has 8 aromatic heterocycles. The van der Waals surface area contributed by atoms with Gasteiger partial charge in [0.05, 0.1) is 50.7 Å². The maximum absolute atomic E-state index is 4.86. The zero-order chi connectivity index (χ0) is 71.6. The van der Waals surface area contributed by atoms with Crippen molar-refractivity contribution < 1.29 is 0 Å². The number of benzene rings is 13. The zero-order valence-electron chi connectivity index (χ0n) is 59.7. The topological polar surface area (TPSA) is 58.4 Å². The summed E-state index contributed by atoms with van der Waals surface area (Å²) in [5.74, 6) is 0.966. The van der Waals surface area contributed by atoms with Gasteiger partial charge in [-0.2, -0.15) is 0 Å². The molecule has 508 valence electrons. The molecule has 0 saturated carbocycles. The van der Waals surface area contributed by atoms with E-state index in [2.05, 4.69) is 408 Å². The predicted octanol–water partition coefficient (Wildman–Crippen LogP) is 26.2. The van der Waals surface area contributed by atoms with E-state index >= 15 is 0 Å². The van der Waals surface area contributed by atoms with Crippen LogP contribution >= 0.6 is 11.3 Å². The largest absolute Gasteiger partial charge is 0.344 e. The fraction of sp³-hybridized carbons (Fsp3) is 0.0510. The number of aromatic nitrogens is 7. The molecular formula is C98H75N7S. The number of nitrogens with zero attached hydrogens (tertiary/aromatic N) is 7. The van der Waals surface area contributed by atoms with Crippen LogP contribution in [0.1, 0.15) is 22.5 Å². The van der Waals surface area contributed by atoms with Crippen LogP contribution in [-0.2, 0) is 7.05 Å². The van der Waals surface area contributed by atoms with E-state index in [1.807, 2.05) is 30.7 Å². The van der Waals surface area contributed by atoms with Gasteiger partial charge < -0.3 is 13.7 Å². The molecule has 0 fully saturated rings. The lowest BCUT2D eigenvalue weighted by molar-refractivity contribution is 1.01. The van der Waals surface area contributed by atoms with Crippen molar-refractivity contribution in [2.45, 2.75) is 27.7 Å². The molecule has 8 heteroatoms. The second-order valence-corrected chi connectivity index (χ2v) is 28.1. The fourth-order valence-corrected chi connectivity index (χ4v) is 16.2. The fourth-order valence-electron chi connectivity index (χ4n) is 15.0. The highest BCUT2D eigenvalue weighted by molar-refractivity contribution is 7.26. The Morgan fingerprint density at radius 3 is 1.22 bits per heavy atom. The van der Waals surface area contributed by atoms with E-state index in [4.69, 9.17) is 4.98 Å². The average molecular weight is 1380 g/mol. The van der Waals surface area contributed by atoms with E-state index in [9.17, 15) is 0 Å². The van der Waals surface area contributed by atoms with Gasteiger partial charge in [0, 0.05) is 110 Å². The van der Waals surface area contributed by atoms with Crippen LogP contribution in [0, 0.1) is 27.7 Å². The summed E-state index contributed by atoms with van der Waals surface area (Å²) in [7, 11) is 2.13.